The second kappa shape index (κ2) is 1.24. The molecule has 0 aromatic carbocycles. The van der Waals surface area contributed by atoms with Crippen LogP contribution in [-0.4, -0.2) is 12.2 Å². The van der Waals surface area contributed by atoms with Gasteiger partial charge in [-0.05, 0) is 11.8 Å². The van der Waals surface area contributed by atoms with Gasteiger partial charge in [0.05, 0.1) is 5.54 Å². The summed E-state index contributed by atoms with van der Waals surface area (Å²) in [6.45, 7) is 3.61. The number of rotatable bonds is 1. The molecule has 1 atom stereocenters. The van der Waals surface area contributed by atoms with Crippen molar-refractivity contribution in [1.82, 2.24) is 0 Å². The van der Waals surface area contributed by atoms with Gasteiger partial charge in [-0.25, -0.2) is 4.39 Å². The van der Waals surface area contributed by atoms with Crippen molar-refractivity contribution in [2.24, 2.45) is 11.1 Å². The van der Waals surface area contributed by atoms with Crippen LogP contribution in [0.2, 0.25) is 0 Å². The minimum Gasteiger partial charge on any atom is -0.322 e. The van der Waals surface area contributed by atoms with Gasteiger partial charge in [-0.1, -0.05) is 13.8 Å². The smallest absolute Gasteiger partial charge is 0.108 e. The molecule has 2 heteroatoms. The number of hydrogen-bond donors (Lipinski definition) is 1. The minimum absolute atomic E-state index is 0.0573. The Morgan fingerprint density at radius 1 is 1.62 bits per heavy atom. The van der Waals surface area contributed by atoms with Crippen molar-refractivity contribution in [3.05, 3.63) is 0 Å². The lowest BCUT2D eigenvalue weighted by atomic mass is 10.1. The van der Waals surface area contributed by atoms with E-state index in [2.05, 4.69) is 0 Å². The van der Waals surface area contributed by atoms with E-state index in [0.717, 1.165) is 6.42 Å². The van der Waals surface area contributed by atoms with Crippen LogP contribution in [0.1, 0.15) is 20.3 Å². The first-order valence-electron chi connectivity index (χ1n) is 2.87. The molecule has 0 bridgehead atoms. The maximum absolute atomic E-state index is 11.9. The molecule has 1 aliphatic carbocycles. The molecule has 0 heterocycles. The van der Waals surface area contributed by atoms with Gasteiger partial charge < -0.3 is 5.73 Å². The molecule has 1 rings (SSSR count). The molecule has 0 aliphatic heterocycles. The van der Waals surface area contributed by atoms with Crippen LogP contribution in [0.5, 0.6) is 0 Å². The van der Waals surface area contributed by atoms with E-state index in [0.29, 0.717) is 0 Å². The highest BCUT2D eigenvalue weighted by Gasteiger charge is 2.58. The first-order valence-corrected chi connectivity index (χ1v) is 2.87. The minimum atomic E-state index is -0.479. The van der Waals surface area contributed by atoms with Gasteiger partial charge in [-0.15, -0.1) is 0 Å². The number of alkyl halides is 1. The molecule has 1 fully saturated rings. The molecule has 0 radical (unpaired) electrons. The molecule has 8 heavy (non-hydrogen) atoms. The predicted octanol–water partition coefficient (Wildman–Crippen LogP) is 1.08. The van der Waals surface area contributed by atoms with E-state index in [9.17, 15) is 4.39 Å². The van der Waals surface area contributed by atoms with E-state index in [1.54, 1.807) is 0 Å². The van der Waals surface area contributed by atoms with E-state index < -0.39 is 5.54 Å². The first-order chi connectivity index (χ1) is 3.52. The lowest BCUT2D eigenvalue weighted by Gasteiger charge is -2.07. The topological polar surface area (TPSA) is 26.0 Å². The summed E-state index contributed by atoms with van der Waals surface area (Å²) in [5, 5.41) is 0. The zero-order valence-electron chi connectivity index (χ0n) is 5.37. The Hall–Kier alpha value is -0.110. The van der Waals surface area contributed by atoms with Gasteiger partial charge in [0.2, 0.25) is 0 Å². The molecule has 0 saturated heterocycles. The van der Waals surface area contributed by atoms with Crippen LogP contribution < -0.4 is 5.73 Å². The van der Waals surface area contributed by atoms with Crippen molar-refractivity contribution in [1.29, 1.82) is 0 Å². The maximum atomic E-state index is 11.9. The molecular weight excluding hydrogens is 105 g/mol. The third-order valence-corrected chi connectivity index (χ3v) is 2.22. The standard InChI is InChI=1S/C6H12FN/c1-5(2)3-6(5,8)4-7/h3-4,8H2,1-2H3. The Balaban J connectivity index is 2.55. The fourth-order valence-electron chi connectivity index (χ4n) is 0.973. The summed E-state index contributed by atoms with van der Waals surface area (Å²) in [7, 11) is 0. The number of nitrogens with two attached hydrogens (primary N) is 1. The molecule has 0 spiro atoms. The van der Waals surface area contributed by atoms with Gasteiger partial charge in [-0.3, -0.25) is 0 Å². The summed E-state index contributed by atoms with van der Waals surface area (Å²) in [6.07, 6.45) is 0.830. The molecule has 2 N–H and O–H groups in total. The predicted molar refractivity (Wildman–Crippen MR) is 31.3 cm³/mol. The van der Waals surface area contributed by atoms with Crippen molar-refractivity contribution >= 4 is 0 Å². The van der Waals surface area contributed by atoms with Crippen LogP contribution in [0.25, 0.3) is 0 Å². The number of halogens is 1. The molecular formula is C6H12FN. The van der Waals surface area contributed by atoms with Gasteiger partial charge in [0.25, 0.3) is 0 Å². The van der Waals surface area contributed by atoms with Crippen molar-refractivity contribution in [2.75, 3.05) is 6.67 Å². The molecule has 48 valence electrons. The summed E-state index contributed by atoms with van der Waals surface area (Å²) in [5.41, 5.74) is 5.13. The van der Waals surface area contributed by atoms with E-state index in [1.807, 2.05) is 13.8 Å². The Morgan fingerprint density at radius 3 is 2.00 bits per heavy atom. The van der Waals surface area contributed by atoms with Gasteiger partial charge >= 0.3 is 0 Å². The molecule has 1 unspecified atom stereocenters. The lowest BCUT2D eigenvalue weighted by molar-refractivity contribution is 0.363. The van der Waals surface area contributed by atoms with E-state index in [1.165, 1.54) is 0 Å². The summed E-state index contributed by atoms with van der Waals surface area (Å²) in [5.74, 6) is 0. The largest absolute Gasteiger partial charge is 0.322 e. The van der Waals surface area contributed by atoms with Crippen molar-refractivity contribution in [3.63, 3.8) is 0 Å². The maximum Gasteiger partial charge on any atom is 0.108 e. The van der Waals surface area contributed by atoms with Crippen LogP contribution in [-0.2, 0) is 0 Å². The third kappa shape index (κ3) is 0.558. The van der Waals surface area contributed by atoms with Crippen LogP contribution in [0.4, 0.5) is 4.39 Å². The van der Waals surface area contributed by atoms with Crippen molar-refractivity contribution in [2.45, 2.75) is 25.8 Å². The fraction of sp³-hybridized carbons (Fsp3) is 1.00. The van der Waals surface area contributed by atoms with Crippen molar-refractivity contribution < 1.29 is 4.39 Å². The molecule has 0 aromatic rings. The highest BCUT2D eigenvalue weighted by Crippen LogP contribution is 2.53. The van der Waals surface area contributed by atoms with Crippen LogP contribution >= 0.6 is 0 Å². The monoisotopic (exact) mass is 117 g/mol. The average molecular weight is 117 g/mol. The second-order valence-corrected chi connectivity index (χ2v) is 3.35. The summed E-state index contributed by atoms with van der Waals surface area (Å²) in [6, 6.07) is 0. The number of hydrogen-bond acceptors (Lipinski definition) is 1. The van der Waals surface area contributed by atoms with Crippen molar-refractivity contribution in [3.8, 4) is 0 Å². The lowest BCUT2D eigenvalue weighted by Crippen LogP contribution is -2.30. The van der Waals surface area contributed by atoms with Gasteiger partial charge in [0.1, 0.15) is 6.67 Å². The molecule has 0 amide bonds. The zero-order chi connectivity index (χ0) is 6.41. The molecule has 1 saturated carbocycles. The SMILES string of the molecule is CC1(C)CC1(N)CF. The van der Waals surface area contributed by atoms with Crippen LogP contribution in [0.3, 0.4) is 0 Å². The van der Waals surface area contributed by atoms with Gasteiger partial charge in [-0.2, -0.15) is 0 Å². The molecule has 0 aromatic heterocycles. The summed E-state index contributed by atoms with van der Waals surface area (Å²) < 4.78 is 11.9. The Bertz CT molecular complexity index is 111. The van der Waals surface area contributed by atoms with E-state index in [-0.39, 0.29) is 12.1 Å². The van der Waals surface area contributed by atoms with Crippen LogP contribution in [0, 0.1) is 5.41 Å². The fourth-order valence-corrected chi connectivity index (χ4v) is 0.973. The summed E-state index contributed by atoms with van der Waals surface area (Å²) in [4.78, 5) is 0. The molecule has 1 nitrogen and oxygen atoms in total. The Morgan fingerprint density at radius 2 is 2.00 bits per heavy atom. The second-order valence-electron chi connectivity index (χ2n) is 3.35. The Kier molecular flexibility index (Phi) is 0.932. The van der Waals surface area contributed by atoms with Crippen LogP contribution in [0.15, 0.2) is 0 Å². The average Bonchev–Trinajstić information content (AvgIpc) is 2.10. The first kappa shape index (κ1) is 6.02. The highest BCUT2D eigenvalue weighted by molar-refractivity contribution is 5.14. The normalized spacial score (nSPS) is 42.0. The van der Waals surface area contributed by atoms with Gasteiger partial charge in [0.15, 0.2) is 0 Å². The highest BCUT2D eigenvalue weighted by atomic mass is 19.1. The van der Waals surface area contributed by atoms with E-state index >= 15 is 0 Å². The Labute approximate surface area is 49.1 Å². The van der Waals surface area contributed by atoms with Gasteiger partial charge in [0, 0.05) is 0 Å². The quantitative estimate of drug-likeness (QED) is 0.546. The summed E-state index contributed by atoms with van der Waals surface area (Å²) >= 11 is 0. The molecule has 1 aliphatic rings. The zero-order valence-corrected chi connectivity index (χ0v) is 5.37. The third-order valence-electron chi connectivity index (χ3n) is 2.22. The van der Waals surface area contributed by atoms with E-state index in [4.69, 9.17) is 5.73 Å².